The van der Waals surface area contributed by atoms with Crippen LogP contribution in [-0.2, 0) is 23.1 Å². The Hall–Kier alpha value is -0.500. The number of rotatable bonds is 6. The number of thiazole rings is 1. The summed E-state index contributed by atoms with van der Waals surface area (Å²) in [5.41, 5.74) is 1.05. The summed E-state index contributed by atoms with van der Waals surface area (Å²) >= 11 is 1.52. The highest BCUT2D eigenvalue weighted by Gasteiger charge is 2.13. The monoisotopic (exact) mass is 303 g/mol. The second-order valence-corrected chi connectivity index (χ2v) is 7.83. The predicted molar refractivity (Wildman–Crippen MR) is 77.5 cm³/mol. The fourth-order valence-corrected chi connectivity index (χ4v) is 3.50. The van der Waals surface area contributed by atoms with Crippen molar-refractivity contribution in [1.29, 1.82) is 0 Å². The van der Waals surface area contributed by atoms with Crippen molar-refractivity contribution < 1.29 is 8.42 Å². The predicted octanol–water partition coefficient (Wildman–Crippen LogP) is 1.57. The standard InChI is InChI=1S/C12H21N3O2S2/c1-2-19(16,17)13-8-12-14-11(10-18-12)9-15-6-4-3-5-7-15/h10,13H,2-9H2,1H3. The van der Waals surface area contributed by atoms with Crippen LogP contribution in [0.25, 0.3) is 0 Å². The maximum atomic E-state index is 11.4. The highest BCUT2D eigenvalue weighted by Crippen LogP contribution is 2.15. The molecule has 0 spiro atoms. The first-order valence-corrected chi connectivity index (χ1v) is 9.25. The van der Waals surface area contributed by atoms with E-state index in [2.05, 4.69) is 14.6 Å². The van der Waals surface area contributed by atoms with E-state index < -0.39 is 10.0 Å². The minimum Gasteiger partial charge on any atom is -0.297 e. The Bertz CT molecular complexity index is 493. The molecular formula is C12H21N3O2S2. The fourth-order valence-electron chi connectivity index (χ4n) is 2.12. The van der Waals surface area contributed by atoms with Gasteiger partial charge in [0.15, 0.2) is 0 Å². The molecule has 19 heavy (non-hydrogen) atoms. The summed E-state index contributed by atoms with van der Waals surface area (Å²) in [6, 6.07) is 0. The van der Waals surface area contributed by atoms with Crippen molar-refractivity contribution in [3.05, 3.63) is 16.1 Å². The van der Waals surface area contributed by atoms with Crippen molar-refractivity contribution >= 4 is 21.4 Å². The van der Waals surface area contributed by atoms with Crippen LogP contribution in [0, 0.1) is 0 Å². The van der Waals surface area contributed by atoms with Crippen molar-refractivity contribution in [3.63, 3.8) is 0 Å². The van der Waals surface area contributed by atoms with Gasteiger partial charge in [0.05, 0.1) is 18.0 Å². The van der Waals surface area contributed by atoms with Crippen LogP contribution >= 0.6 is 11.3 Å². The highest BCUT2D eigenvalue weighted by molar-refractivity contribution is 7.89. The third-order valence-electron chi connectivity index (χ3n) is 3.26. The number of sulfonamides is 1. The summed E-state index contributed by atoms with van der Waals surface area (Å²) in [5.74, 6) is 0.110. The largest absolute Gasteiger partial charge is 0.297 e. The minimum absolute atomic E-state index is 0.110. The van der Waals surface area contributed by atoms with E-state index in [9.17, 15) is 8.42 Å². The number of nitrogens with zero attached hydrogens (tertiary/aromatic N) is 2. The van der Waals surface area contributed by atoms with Gasteiger partial charge in [-0.25, -0.2) is 18.1 Å². The summed E-state index contributed by atoms with van der Waals surface area (Å²) in [6.45, 7) is 5.12. The van der Waals surface area contributed by atoms with E-state index in [0.29, 0.717) is 6.54 Å². The Morgan fingerprint density at radius 2 is 2.11 bits per heavy atom. The van der Waals surface area contributed by atoms with E-state index in [1.165, 1.54) is 30.6 Å². The summed E-state index contributed by atoms with van der Waals surface area (Å²) in [6.07, 6.45) is 3.87. The van der Waals surface area contributed by atoms with Gasteiger partial charge >= 0.3 is 0 Å². The van der Waals surface area contributed by atoms with Crippen LogP contribution in [0.1, 0.15) is 36.9 Å². The van der Waals surface area contributed by atoms with Gasteiger partial charge in [-0.05, 0) is 32.9 Å². The first-order chi connectivity index (χ1) is 9.09. The zero-order chi connectivity index (χ0) is 13.7. The van der Waals surface area contributed by atoms with Crippen molar-refractivity contribution in [2.24, 2.45) is 0 Å². The van der Waals surface area contributed by atoms with Gasteiger partial charge in [0.2, 0.25) is 10.0 Å². The number of hydrogen-bond acceptors (Lipinski definition) is 5. The Labute approximate surface area is 119 Å². The average molecular weight is 303 g/mol. The van der Waals surface area contributed by atoms with Gasteiger partial charge in [-0.1, -0.05) is 6.42 Å². The third-order valence-corrected chi connectivity index (χ3v) is 5.50. The van der Waals surface area contributed by atoms with Gasteiger partial charge in [-0.15, -0.1) is 11.3 Å². The maximum absolute atomic E-state index is 11.4. The molecule has 7 heteroatoms. The van der Waals surface area contributed by atoms with Gasteiger partial charge in [-0.3, -0.25) is 4.90 Å². The SMILES string of the molecule is CCS(=O)(=O)NCc1nc(CN2CCCCC2)cs1. The Morgan fingerprint density at radius 3 is 2.79 bits per heavy atom. The molecule has 108 valence electrons. The molecular weight excluding hydrogens is 282 g/mol. The van der Waals surface area contributed by atoms with Gasteiger partial charge in [0, 0.05) is 11.9 Å². The zero-order valence-electron chi connectivity index (χ0n) is 11.3. The number of piperidine rings is 1. The van der Waals surface area contributed by atoms with Gasteiger partial charge in [0.25, 0.3) is 0 Å². The molecule has 0 atom stereocenters. The molecule has 0 bridgehead atoms. The number of aromatic nitrogens is 1. The summed E-state index contributed by atoms with van der Waals surface area (Å²) in [7, 11) is -3.13. The number of nitrogens with one attached hydrogen (secondary N) is 1. The lowest BCUT2D eigenvalue weighted by Crippen LogP contribution is -2.29. The van der Waals surface area contributed by atoms with E-state index in [-0.39, 0.29) is 5.75 Å². The highest BCUT2D eigenvalue weighted by atomic mass is 32.2. The molecule has 2 rings (SSSR count). The Kier molecular flexibility index (Phi) is 5.32. The Balaban J connectivity index is 1.84. The zero-order valence-corrected chi connectivity index (χ0v) is 12.9. The average Bonchev–Trinajstić information content (AvgIpc) is 2.86. The van der Waals surface area contributed by atoms with E-state index in [1.54, 1.807) is 6.92 Å². The maximum Gasteiger partial charge on any atom is 0.211 e. The van der Waals surface area contributed by atoms with E-state index in [0.717, 1.165) is 30.3 Å². The number of likely N-dealkylation sites (tertiary alicyclic amines) is 1. The first kappa shape index (κ1) is 14.9. The Morgan fingerprint density at radius 1 is 1.37 bits per heavy atom. The molecule has 0 aromatic carbocycles. The third kappa shape index (κ3) is 4.83. The summed E-state index contributed by atoms with van der Waals surface area (Å²) < 4.78 is 25.3. The lowest BCUT2D eigenvalue weighted by atomic mass is 10.1. The van der Waals surface area contributed by atoms with Crippen LogP contribution in [0.3, 0.4) is 0 Å². The van der Waals surface area contributed by atoms with Crippen LogP contribution in [0.5, 0.6) is 0 Å². The molecule has 1 aromatic rings. The summed E-state index contributed by atoms with van der Waals surface area (Å²) in [5, 5.41) is 2.87. The van der Waals surface area contributed by atoms with Crippen LogP contribution in [0.2, 0.25) is 0 Å². The molecule has 1 N–H and O–H groups in total. The molecule has 5 nitrogen and oxygen atoms in total. The molecule has 2 heterocycles. The van der Waals surface area contributed by atoms with E-state index in [1.807, 2.05) is 5.38 Å². The van der Waals surface area contributed by atoms with E-state index >= 15 is 0 Å². The molecule has 1 aliphatic heterocycles. The van der Waals surface area contributed by atoms with Crippen LogP contribution < -0.4 is 4.72 Å². The molecule has 1 fully saturated rings. The topological polar surface area (TPSA) is 62.3 Å². The molecule has 0 aliphatic carbocycles. The van der Waals surface area contributed by atoms with Gasteiger partial charge in [0.1, 0.15) is 5.01 Å². The van der Waals surface area contributed by atoms with Gasteiger partial charge < -0.3 is 0 Å². The molecule has 0 amide bonds. The quantitative estimate of drug-likeness (QED) is 0.866. The number of hydrogen-bond donors (Lipinski definition) is 1. The lowest BCUT2D eigenvalue weighted by molar-refractivity contribution is 0.219. The summed E-state index contributed by atoms with van der Waals surface area (Å²) in [4.78, 5) is 6.91. The fraction of sp³-hybridized carbons (Fsp3) is 0.750. The molecule has 1 aliphatic rings. The van der Waals surface area contributed by atoms with Crippen LogP contribution in [0.4, 0.5) is 0 Å². The molecule has 0 unspecified atom stereocenters. The van der Waals surface area contributed by atoms with Crippen LogP contribution in [0.15, 0.2) is 5.38 Å². The molecule has 1 aromatic heterocycles. The molecule has 0 radical (unpaired) electrons. The lowest BCUT2D eigenvalue weighted by Gasteiger charge is -2.25. The smallest absolute Gasteiger partial charge is 0.211 e. The molecule has 0 saturated carbocycles. The normalized spacial score (nSPS) is 17.7. The van der Waals surface area contributed by atoms with Gasteiger partial charge in [-0.2, -0.15) is 0 Å². The van der Waals surface area contributed by atoms with Crippen molar-refractivity contribution in [1.82, 2.24) is 14.6 Å². The second kappa shape index (κ2) is 6.78. The first-order valence-electron chi connectivity index (χ1n) is 6.72. The van der Waals surface area contributed by atoms with Crippen molar-refractivity contribution in [2.75, 3.05) is 18.8 Å². The van der Waals surface area contributed by atoms with Crippen molar-refractivity contribution in [2.45, 2.75) is 39.3 Å². The van der Waals surface area contributed by atoms with Crippen molar-refractivity contribution in [3.8, 4) is 0 Å². The van der Waals surface area contributed by atoms with Crippen LogP contribution in [-0.4, -0.2) is 37.1 Å². The molecule has 1 saturated heterocycles. The van der Waals surface area contributed by atoms with E-state index in [4.69, 9.17) is 0 Å². The second-order valence-electron chi connectivity index (χ2n) is 4.79. The minimum atomic E-state index is -3.13.